The average molecular weight is 393 g/mol. The molecule has 0 nitrogen and oxygen atoms in total. The van der Waals surface area contributed by atoms with Crippen LogP contribution in [-0.4, -0.2) is 0 Å². The minimum atomic E-state index is -0.151. The van der Waals surface area contributed by atoms with E-state index in [0.717, 1.165) is 34.0 Å². The van der Waals surface area contributed by atoms with Crippen LogP contribution < -0.4 is 0 Å². The van der Waals surface area contributed by atoms with Crippen LogP contribution in [0.2, 0.25) is 0 Å². The van der Waals surface area contributed by atoms with Crippen molar-refractivity contribution in [3.05, 3.63) is 69.2 Å². The summed E-state index contributed by atoms with van der Waals surface area (Å²) in [6.45, 7) is 6.09. The lowest BCUT2D eigenvalue weighted by molar-refractivity contribution is 0.549. The fourth-order valence-electron chi connectivity index (χ4n) is 3.64. The summed E-state index contributed by atoms with van der Waals surface area (Å²) in [6.07, 6.45) is 2.01. The highest BCUT2D eigenvalue weighted by Crippen LogP contribution is 2.52. The molecule has 2 aromatic rings. The van der Waals surface area contributed by atoms with Crippen LogP contribution in [0, 0.1) is 17.6 Å². The van der Waals surface area contributed by atoms with Crippen LogP contribution in [0.3, 0.4) is 0 Å². The summed E-state index contributed by atoms with van der Waals surface area (Å²) in [5.74, 6) is 1.07. The van der Waals surface area contributed by atoms with Crippen LogP contribution in [0.25, 0.3) is 0 Å². The number of rotatable bonds is 5. The van der Waals surface area contributed by atoms with Gasteiger partial charge in [-0.15, -0.1) is 0 Å². The average Bonchev–Trinajstić information content (AvgIpc) is 3.25. The lowest BCUT2D eigenvalue weighted by atomic mass is 9.93. The quantitative estimate of drug-likeness (QED) is 0.506. The lowest BCUT2D eigenvalue weighted by Gasteiger charge is -2.13. The summed E-state index contributed by atoms with van der Waals surface area (Å²) in [5, 5.41) is 0. The smallest absolute Gasteiger partial charge is 0.127 e. The monoisotopic (exact) mass is 392 g/mol. The Labute approximate surface area is 151 Å². The first-order chi connectivity index (χ1) is 11.4. The van der Waals surface area contributed by atoms with Crippen LogP contribution in [0.1, 0.15) is 68.1 Å². The van der Waals surface area contributed by atoms with Crippen LogP contribution in [0.5, 0.6) is 0 Å². The first kappa shape index (κ1) is 17.6. The van der Waals surface area contributed by atoms with Gasteiger partial charge in [-0.2, -0.15) is 0 Å². The first-order valence-corrected chi connectivity index (χ1v) is 9.40. The van der Waals surface area contributed by atoms with E-state index in [2.05, 4.69) is 28.9 Å². The van der Waals surface area contributed by atoms with Gasteiger partial charge in [0.05, 0.1) is 0 Å². The van der Waals surface area contributed by atoms with Crippen molar-refractivity contribution < 1.29 is 8.78 Å². The van der Waals surface area contributed by atoms with Crippen molar-refractivity contribution in [3.8, 4) is 0 Å². The van der Waals surface area contributed by atoms with Gasteiger partial charge in [-0.3, -0.25) is 0 Å². The van der Waals surface area contributed by atoms with E-state index in [1.165, 1.54) is 6.07 Å². The molecule has 3 unspecified atom stereocenters. The largest absolute Gasteiger partial charge is 0.207 e. The molecule has 1 aliphatic rings. The minimum absolute atomic E-state index is 0.0971. The molecule has 3 atom stereocenters. The van der Waals surface area contributed by atoms with E-state index in [1.807, 2.05) is 32.0 Å². The Morgan fingerprint density at radius 1 is 1.00 bits per heavy atom. The third-order valence-electron chi connectivity index (χ3n) is 5.15. The van der Waals surface area contributed by atoms with Crippen molar-refractivity contribution in [3.63, 3.8) is 0 Å². The number of benzene rings is 2. The zero-order valence-electron chi connectivity index (χ0n) is 14.3. The molecule has 3 rings (SSSR count). The summed E-state index contributed by atoms with van der Waals surface area (Å²) in [7, 11) is 0. The zero-order valence-corrected chi connectivity index (χ0v) is 15.9. The van der Waals surface area contributed by atoms with Gasteiger partial charge in [0.1, 0.15) is 11.6 Å². The Hall–Kier alpha value is -1.22. The van der Waals surface area contributed by atoms with Crippen molar-refractivity contribution in [1.82, 2.24) is 0 Å². The maximum Gasteiger partial charge on any atom is 0.127 e. The molecule has 1 aliphatic carbocycles. The van der Waals surface area contributed by atoms with Crippen LogP contribution in [0.15, 0.2) is 40.9 Å². The Balaban J connectivity index is 1.66. The minimum Gasteiger partial charge on any atom is -0.207 e. The maximum atomic E-state index is 14.2. The van der Waals surface area contributed by atoms with Crippen molar-refractivity contribution in [2.24, 2.45) is 5.92 Å². The normalized spacial score (nSPS) is 21.1. The topological polar surface area (TPSA) is 0 Å². The highest BCUT2D eigenvalue weighted by molar-refractivity contribution is 9.10. The molecule has 1 saturated carbocycles. The molecule has 0 bridgehead atoms. The number of hydrogen-bond donors (Lipinski definition) is 0. The molecule has 24 heavy (non-hydrogen) atoms. The molecule has 0 amide bonds. The molecular weight excluding hydrogens is 370 g/mol. The third-order valence-corrected chi connectivity index (χ3v) is 5.64. The number of halogens is 3. The molecule has 0 spiro atoms. The van der Waals surface area contributed by atoms with E-state index in [1.54, 1.807) is 6.07 Å². The second-order valence-corrected chi connectivity index (χ2v) is 8.26. The van der Waals surface area contributed by atoms with E-state index in [9.17, 15) is 8.78 Å². The summed E-state index contributed by atoms with van der Waals surface area (Å²) < 4.78 is 29.0. The van der Waals surface area contributed by atoms with Gasteiger partial charge in [0.25, 0.3) is 0 Å². The van der Waals surface area contributed by atoms with Gasteiger partial charge in [-0.1, -0.05) is 54.9 Å². The first-order valence-electron chi connectivity index (χ1n) is 8.61. The lowest BCUT2D eigenvalue weighted by Crippen LogP contribution is -2.00. The molecular formula is C21H23BrF2. The molecule has 1 fully saturated rings. The van der Waals surface area contributed by atoms with Gasteiger partial charge in [0, 0.05) is 4.47 Å². The Morgan fingerprint density at radius 2 is 1.67 bits per heavy atom. The van der Waals surface area contributed by atoms with Crippen LogP contribution in [-0.2, 0) is 0 Å². The third kappa shape index (κ3) is 3.72. The molecule has 0 heterocycles. The van der Waals surface area contributed by atoms with E-state index in [-0.39, 0.29) is 23.5 Å². The van der Waals surface area contributed by atoms with Gasteiger partial charge in [0.2, 0.25) is 0 Å². The molecule has 0 radical (unpaired) electrons. The van der Waals surface area contributed by atoms with Gasteiger partial charge < -0.3 is 0 Å². The summed E-state index contributed by atoms with van der Waals surface area (Å²) in [6, 6.07) is 11.0. The predicted molar refractivity (Wildman–Crippen MR) is 98.5 cm³/mol. The van der Waals surface area contributed by atoms with Crippen molar-refractivity contribution in [2.45, 2.75) is 51.4 Å². The van der Waals surface area contributed by atoms with Crippen molar-refractivity contribution >= 4 is 15.9 Å². The van der Waals surface area contributed by atoms with Gasteiger partial charge in [0.15, 0.2) is 0 Å². The maximum absolute atomic E-state index is 14.2. The molecule has 3 heteroatoms. The van der Waals surface area contributed by atoms with Crippen LogP contribution in [0.4, 0.5) is 8.78 Å². The van der Waals surface area contributed by atoms with Crippen LogP contribution >= 0.6 is 15.9 Å². The van der Waals surface area contributed by atoms with Gasteiger partial charge in [-0.25, -0.2) is 8.78 Å². The highest BCUT2D eigenvalue weighted by atomic mass is 79.9. The fraction of sp³-hybridized carbons (Fsp3) is 0.429. The second kappa shape index (κ2) is 6.95. The van der Waals surface area contributed by atoms with E-state index in [4.69, 9.17) is 0 Å². The zero-order chi connectivity index (χ0) is 17.4. The molecule has 0 aliphatic heterocycles. The molecule has 0 aromatic heterocycles. The second-order valence-electron chi connectivity index (χ2n) is 7.34. The molecule has 2 aromatic carbocycles. The fourth-order valence-corrected chi connectivity index (χ4v) is 3.97. The standard InChI is InChI=1S/C21H23BrF2/c1-12(2)17-6-4-14(10-20(17)23)19-9-15(19)8-13(3)18-7-5-16(22)11-21(18)24/h4-7,10-13,15,19H,8-9H2,1-3H3. The van der Waals surface area contributed by atoms with Gasteiger partial charge >= 0.3 is 0 Å². The van der Waals surface area contributed by atoms with E-state index in [0.29, 0.717) is 11.8 Å². The Bertz CT molecular complexity index is 739. The summed E-state index contributed by atoms with van der Waals surface area (Å²) in [5.41, 5.74) is 2.64. The van der Waals surface area contributed by atoms with Crippen molar-refractivity contribution in [2.75, 3.05) is 0 Å². The number of hydrogen-bond acceptors (Lipinski definition) is 0. The Morgan fingerprint density at radius 3 is 2.29 bits per heavy atom. The highest BCUT2D eigenvalue weighted by Gasteiger charge is 2.39. The molecule has 0 N–H and O–H groups in total. The van der Waals surface area contributed by atoms with Crippen molar-refractivity contribution in [1.29, 1.82) is 0 Å². The summed E-state index contributed by atoms with van der Waals surface area (Å²) >= 11 is 3.30. The Kier molecular flexibility index (Phi) is 5.10. The van der Waals surface area contributed by atoms with E-state index >= 15 is 0 Å². The molecule has 128 valence electrons. The molecule has 0 saturated heterocycles. The SMILES string of the molecule is CC(C)c1ccc(C2CC2CC(C)c2ccc(Br)cc2F)cc1F. The van der Waals surface area contributed by atoms with E-state index < -0.39 is 0 Å². The summed E-state index contributed by atoms with van der Waals surface area (Å²) in [4.78, 5) is 0. The predicted octanol–water partition coefficient (Wildman–Crippen LogP) is 7.15. The van der Waals surface area contributed by atoms with Gasteiger partial charge in [-0.05, 0) is 71.4 Å².